The molecule has 0 saturated heterocycles. The maximum absolute atomic E-state index is 13.6. The monoisotopic (exact) mass is 306 g/mol. The van der Waals surface area contributed by atoms with Crippen LogP contribution in [0.15, 0.2) is 41.6 Å². The highest BCUT2D eigenvalue weighted by molar-refractivity contribution is 7.92. The second-order valence-corrected chi connectivity index (χ2v) is 6.64. The Morgan fingerprint density at radius 1 is 1.10 bits per heavy atom. The van der Waals surface area contributed by atoms with Crippen LogP contribution in [-0.2, 0) is 22.9 Å². The third-order valence-corrected chi connectivity index (χ3v) is 4.92. The summed E-state index contributed by atoms with van der Waals surface area (Å²) in [6.07, 6.45) is 5.18. The number of fused-ring (bicyclic) bond motifs is 1. The minimum atomic E-state index is -4.01. The summed E-state index contributed by atoms with van der Waals surface area (Å²) in [5, 5.41) is -0.571. The first-order valence-electron chi connectivity index (χ1n) is 6.82. The number of sulfonamides is 1. The molecule has 0 unspecified atom stereocenters. The van der Waals surface area contributed by atoms with Crippen molar-refractivity contribution in [2.24, 2.45) is 0 Å². The Morgan fingerprint density at radius 3 is 2.71 bits per heavy atom. The van der Waals surface area contributed by atoms with Crippen molar-refractivity contribution in [1.82, 2.24) is 4.98 Å². The zero-order valence-electron chi connectivity index (χ0n) is 11.3. The third kappa shape index (κ3) is 2.76. The van der Waals surface area contributed by atoms with Gasteiger partial charge in [-0.1, -0.05) is 12.1 Å². The average Bonchev–Trinajstić information content (AvgIpc) is 2.47. The SMILES string of the molecule is O=S(=O)(Nc1cccc2c1CCCC2)c1ncccc1F. The Bertz CT molecular complexity index is 775. The first-order valence-corrected chi connectivity index (χ1v) is 8.30. The predicted molar refractivity (Wildman–Crippen MR) is 78.1 cm³/mol. The molecule has 1 heterocycles. The maximum atomic E-state index is 13.6. The van der Waals surface area contributed by atoms with Crippen LogP contribution in [0.25, 0.3) is 0 Å². The highest BCUT2D eigenvalue weighted by Crippen LogP contribution is 2.29. The summed E-state index contributed by atoms with van der Waals surface area (Å²) in [5.41, 5.74) is 2.68. The van der Waals surface area contributed by atoms with Crippen molar-refractivity contribution in [2.45, 2.75) is 30.7 Å². The smallest absolute Gasteiger partial charge is 0.278 e. The van der Waals surface area contributed by atoms with Gasteiger partial charge >= 0.3 is 0 Å². The first kappa shape index (κ1) is 14.0. The van der Waals surface area contributed by atoms with E-state index in [9.17, 15) is 12.8 Å². The number of rotatable bonds is 3. The van der Waals surface area contributed by atoms with Crippen LogP contribution in [0, 0.1) is 5.82 Å². The van der Waals surface area contributed by atoms with E-state index in [-0.39, 0.29) is 0 Å². The van der Waals surface area contributed by atoms with Crippen molar-refractivity contribution in [3.63, 3.8) is 0 Å². The van der Waals surface area contributed by atoms with Crippen molar-refractivity contribution in [3.8, 4) is 0 Å². The lowest BCUT2D eigenvalue weighted by molar-refractivity contribution is 0.556. The lowest BCUT2D eigenvalue weighted by atomic mass is 9.91. The molecule has 1 aromatic heterocycles. The fourth-order valence-corrected chi connectivity index (χ4v) is 3.74. The van der Waals surface area contributed by atoms with Crippen LogP contribution < -0.4 is 4.72 Å². The molecule has 0 atom stereocenters. The molecule has 1 aliphatic carbocycles. The van der Waals surface area contributed by atoms with Gasteiger partial charge in [0.1, 0.15) is 0 Å². The highest BCUT2D eigenvalue weighted by atomic mass is 32.2. The normalized spacial score (nSPS) is 14.5. The molecular weight excluding hydrogens is 291 g/mol. The van der Waals surface area contributed by atoms with Crippen LogP contribution in [-0.4, -0.2) is 13.4 Å². The maximum Gasteiger partial charge on any atom is 0.282 e. The van der Waals surface area contributed by atoms with E-state index in [0.29, 0.717) is 5.69 Å². The van der Waals surface area contributed by atoms with Crippen LogP contribution in [0.2, 0.25) is 0 Å². The predicted octanol–water partition coefficient (Wildman–Crippen LogP) is 2.90. The molecule has 0 spiro atoms. The van der Waals surface area contributed by atoms with Gasteiger partial charge in [0.15, 0.2) is 5.82 Å². The molecule has 1 aromatic carbocycles. The van der Waals surface area contributed by atoms with Gasteiger partial charge in [-0.15, -0.1) is 0 Å². The van der Waals surface area contributed by atoms with Crippen LogP contribution >= 0.6 is 0 Å². The summed E-state index contributed by atoms with van der Waals surface area (Å²) in [4.78, 5) is 3.63. The van der Waals surface area contributed by atoms with Gasteiger partial charge in [0.05, 0.1) is 5.69 Å². The van der Waals surface area contributed by atoms with Crippen LogP contribution in [0.3, 0.4) is 0 Å². The van der Waals surface area contributed by atoms with Gasteiger partial charge in [-0.3, -0.25) is 4.72 Å². The molecular formula is C15H15FN2O2S. The zero-order valence-corrected chi connectivity index (χ0v) is 12.2. The minimum Gasteiger partial charge on any atom is -0.278 e. The van der Waals surface area contributed by atoms with Gasteiger partial charge < -0.3 is 0 Å². The molecule has 6 heteroatoms. The second kappa shape index (κ2) is 5.44. The molecule has 21 heavy (non-hydrogen) atoms. The molecule has 0 radical (unpaired) electrons. The molecule has 0 bridgehead atoms. The molecule has 0 amide bonds. The van der Waals surface area contributed by atoms with Gasteiger partial charge in [0, 0.05) is 6.20 Å². The van der Waals surface area contributed by atoms with Crippen molar-refractivity contribution in [2.75, 3.05) is 4.72 Å². The highest BCUT2D eigenvalue weighted by Gasteiger charge is 2.23. The number of hydrogen-bond donors (Lipinski definition) is 1. The molecule has 0 fully saturated rings. The summed E-state index contributed by atoms with van der Waals surface area (Å²) in [6, 6.07) is 7.98. The van der Waals surface area contributed by atoms with Crippen molar-refractivity contribution in [3.05, 3.63) is 53.5 Å². The number of benzene rings is 1. The van der Waals surface area contributed by atoms with Crippen LogP contribution in [0.4, 0.5) is 10.1 Å². The van der Waals surface area contributed by atoms with E-state index in [0.717, 1.165) is 42.9 Å². The number of nitrogens with zero attached hydrogens (tertiary/aromatic N) is 1. The molecule has 4 nitrogen and oxygen atoms in total. The van der Waals surface area contributed by atoms with E-state index < -0.39 is 20.9 Å². The summed E-state index contributed by atoms with van der Waals surface area (Å²) < 4.78 is 40.7. The lowest BCUT2D eigenvalue weighted by Crippen LogP contribution is -2.18. The number of aryl methyl sites for hydroxylation is 1. The number of nitrogens with one attached hydrogen (secondary N) is 1. The number of hydrogen-bond acceptors (Lipinski definition) is 3. The third-order valence-electron chi connectivity index (χ3n) is 3.62. The van der Waals surface area contributed by atoms with E-state index in [1.54, 1.807) is 6.07 Å². The van der Waals surface area contributed by atoms with E-state index in [4.69, 9.17) is 0 Å². The summed E-state index contributed by atoms with van der Waals surface area (Å²) in [5.74, 6) is -0.852. The Balaban J connectivity index is 1.99. The number of halogens is 1. The fourth-order valence-electron chi connectivity index (χ4n) is 2.64. The number of aromatic nitrogens is 1. The average molecular weight is 306 g/mol. The quantitative estimate of drug-likeness (QED) is 0.948. The van der Waals surface area contributed by atoms with Crippen LogP contribution in [0.5, 0.6) is 0 Å². The van der Waals surface area contributed by atoms with E-state index in [1.807, 2.05) is 12.1 Å². The summed E-state index contributed by atoms with van der Waals surface area (Å²) in [6.45, 7) is 0. The molecule has 0 aliphatic heterocycles. The molecule has 3 rings (SSSR count). The van der Waals surface area contributed by atoms with Crippen molar-refractivity contribution < 1.29 is 12.8 Å². The Hall–Kier alpha value is -1.95. The van der Waals surface area contributed by atoms with Gasteiger partial charge in [0.25, 0.3) is 10.0 Å². The summed E-state index contributed by atoms with van der Waals surface area (Å²) >= 11 is 0. The Labute approximate surface area is 123 Å². The minimum absolute atomic E-state index is 0.525. The molecule has 1 aliphatic rings. The fraction of sp³-hybridized carbons (Fsp3) is 0.267. The lowest BCUT2D eigenvalue weighted by Gasteiger charge is -2.20. The van der Waals surface area contributed by atoms with Gasteiger partial charge in [0.2, 0.25) is 5.03 Å². The Kier molecular flexibility index (Phi) is 3.63. The first-order chi connectivity index (χ1) is 10.1. The standard InChI is InChI=1S/C15H15FN2O2S/c16-13-8-4-10-17-15(13)21(19,20)18-14-9-3-6-11-5-1-2-7-12(11)14/h3-4,6,8-10,18H,1-2,5,7H2. The zero-order chi connectivity index (χ0) is 14.9. The van der Waals surface area contributed by atoms with E-state index in [1.165, 1.54) is 12.3 Å². The molecule has 0 saturated carbocycles. The Morgan fingerprint density at radius 2 is 1.90 bits per heavy atom. The largest absolute Gasteiger partial charge is 0.282 e. The van der Waals surface area contributed by atoms with Crippen molar-refractivity contribution in [1.29, 1.82) is 0 Å². The molecule has 110 valence electrons. The van der Waals surface area contributed by atoms with E-state index in [2.05, 4.69) is 9.71 Å². The van der Waals surface area contributed by atoms with Gasteiger partial charge in [-0.2, -0.15) is 8.42 Å². The van der Waals surface area contributed by atoms with Gasteiger partial charge in [-0.25, -0.2) is 9.37 Å². The number of anilines is 1. The molecule has 1 N–H and O–H groups in total. The van der Waals surface area contributed by atoms with E-state index >= 15 is 0 Å². The van der Waals surface area contributed by atoms with Gasteiger partial charge in [-0.05, 0) is 55.0 Å². The summed E-state index contributed by atoms with van der Waals surface area (Å²) in [7, 11) is -4.01. The molecule has 2 aromatic rings. The topological polar surface area (TPSA) is 59.1 Å². The van der Waals surface area contributed by atoms with Crippen LogP contribution in [0.1, 0.15) is 24.0 Å². The number of pyridine rings is 1. The second-order valence-electron chi connectivity index (χ2n) is 5.05. The van der Waals surface area contributed by atoms with Crippen molar-refractivity contribution >= 4 is 15.7 Å².